The Morgan fingerprint density at radius 3 is 2.50 bits per heavy atom. The van der Waals surface area contributed by atoms with Crippen LogP contribution in [0.4, 0.5) is 5.69 Å². The highest BCUT2D eigenvalue weighted by atomic mass is 16.5. The molecule has 4 rings (SSSR count). The van der Waals surface area contributed by atoms with Crippen LogP contribution in [-0.4, -0.2) is 65.4 Å². The highest BCUT2D eigenvalue weighted by Crippen LogP contribution is 2.41. The normalized spacial score (nSPS) is 29.3. The van der Waals surface area contributed by atoms with Crippen LogP contribution in [0, 0.1) is 0 Å². The number of pyridine rings is 1. The zero-order valence-electron chi connectivity index (χ0n) is 17.6. The Labute approximate surface area is 168 Å². The van der Waals surface area contributed by atoms with Crippen LogP contribution < -0.4 is 4.90 Å². The van der Waals surface area contributed by atoms with Crippen molar-refractivity contribution in [1.82, 2.24) is 9.88 Å². The number of anilines is 1. The van der Waals surface area contributed by atoms with Crippen molar-refractivity contribution in [1.29, 1.82) is 0 Å². The Morgan fingerprint density at radius 1 is 1.14 bits per heavy atom. The van der Waals surface area contributed by atoms with E-state index in [9.17, 15) is 4.79 Å². The first-order chi connectivity index (χ1) is 13.3. The fourth-order valence-corrected chi connectivity index (χ4v) is 5.22. The molecule has 2 aliphatic heterocycles. The molecule has 1 aromatic rings. The molecule has 154 valence electrons. The van der Waals surface area contributed by atoms with E-state index in [4.69, 9.17) is 9.47 Å². The predicted octanol–water partition coefficient (Wildman–Crippen LogP) is 3.26. The quantitative estimate of drug-likeness (QED) is 0.780. The summed E-state index contributed by atoms with van der Waals surface area (Å²) >= 11 is 0. The first-order valence-corrected chi connectivity index (χ1v) is 10.6. The lowest BCUT2D eigenvalue weighted by Crippen LogP contribution is -2.60. The van der Waals surface area contributed by atoms with E-state index in [0.717, 1.165) is 31.6 Å². The average Bonchev–Trinajstić information content (AvgIpc) is 3.06. The average molecular weight is 388 g/mol. The van der Waals surface area contributed by atoms with Crippen LogP contribution in [0.1, 0.15) is 63.9 Å². The third-order valence-corrected chi connectivity index (χ3v) is 6.09. The van der Waals surface area contributed by atoms with Crippen molar-refractivity contribution in [2.45, 2.75) is 76.8 Å². The highest BCUT2D eigenvalue weighted by Gasteiger charge is 2.47. The number of rotatable bonds is 2. The van der Waals surface area contributed by atoms with E-state index in [2.05, 4.69) is 37.6 Å². The van der Waals surface area contributed by atoms with E-state index in [1.807, 2.05) is 17.0 Å². The lowest BCUT2D eigenvalue weighted by atomic mass is 9.94. The molecule has 0 radical (unpaired) electrons. The van der Waals surface area contributed by atoms with E-state index in [0.29, 0.717) is 18.8 Å². The van der Waals surface area contributed by atoms with Gasteiger partial charge in [0.2, 0.25) is 0 Å². The number of nitrogens with zero attached hydrogens (tertiary/aromatic N) is 3. The van der Waals surface area contributed by atoms with E-state index in [1.54, 1.807) is 6.20 Å². The molecule has 1 saturated carbocycles. The number of ether oxygens (including phenoxy) is 2. The Morgan fingerprint density at radius 2 is 1.82 bits per heavy atom. The Balaban J connectivity index is 1.54. The van der Waals surface area contributed by atoms with Crippen molar-refractivity contribution >= 4 is 11.6 Å². The van der Waals surface area contributed by atoms with Crippen molar-refractivity contribution in [3.8, 4) is 0 Å². The first-order valence-electron chi connectivity index (χ1n) is 10.6. The van der Waals surface area contributed by atoms with E-state index < -0.39 is 0 Å². The summed E-state index contributed by atoms with van der Waals surface area (Å²) in [7, 11) is 0. The van der Waals surface area contributed by atoms with E-state index in [1.165, 1.54) is 12.8 Å². The molecule has 3 fully saturated rings. The third-order valence-electron chi connectivity index (χ3n) is 6.09. The van der Waals surface area contributed by atoms with Crippen molar-refractivity contribution in [3.05, 3.63) is 24.0 Å². The molecule has 3 heterocycles. The minimum Gasteiger partial charge on any atom is -0.372 e. The topological polar surface area (TPSA) is 54.9 Å². The highest BCUT2D eigenvalue weighted by molar-refractivity contribution is 5.93. The van der Waals surface area contributed by atoms with E-state index in [-0.39, 0.29) is 29.3 Å². The number of amides is 1. The molecule has 28 heavy (non-hydrogen) atoms. The van der Waals surface area contributed by atoms with Gasteiger partial charge in [-0.2, -0.15) is 0 Å². The summed E-state index contributed by atoms with van der Waals surface area (Å²) in [6, 6.07) is 3.93. The smallest absolute Gasteiger partial charge is 0.272 e. The second-order valence-electron chi connectivity index (χ2n) is 9.47. The molecular formula is C22H33N3O3. The van der Waals surface area contributed by atoms with Gasteiger partial charge in [-0.1, -0.05) is 12.8 Å². The SMILES string of the molecule is CC1CN(c2ccnc(C(=O)N3CC(C)(C)OC4(CCCC4)C3)c2)CC(C)O1. The summed E-state index contributed by atoms with van der Waals surface area (Å²) < 4.78 is 12.3. The van der Waals surface area contributed by atoms with Crippen molar-refractivity contribution in [3.63, 3.8) is 0 Å². The number of hydrogen-bond donors (Lipinski definition) is 0. The molecule has 2 unspecified atom stereocenters. The molecule has 2 saturated heterocycles. The number of carbonyl (C=O) groups is 1. The van der Waals surface area contributed by atoms with Crippen molar-refractivity contribution in [2.24, 2.45) is 0 Å². The molecule has 1 aliphatic carbocycles. The molecule has 1 aromatic heterocycles. The molecular weight excluding hydrogens is 354 g/mol. The Kier molecular flexibility index (Phi) is 5.12. The maximum absolute atomic E-state index is 13.4. The maximum atomic E-state index is 13.4. The lowest BCUT2D eigenvalue weighted by molar-refractivity contribution is -0.184. The minimum absolute atomic E-state index is 0.0128. The van der Waals surface area contributed by atoms with Gasteiger partial charge in [-0.3, -0.25) is 9.78 Å². The van der Waals surface area contributed by atoms with Gasteiger partial charge in [-0.15, -0.1) is 0 Å². The maximum Gasteiger partial charge on any atom is 0.272 e. The monoisotopic (exact) mass is 387 g/mol. The van der Waals surface area contributed by atoms with Crippen LogP contribution >= 0.6 is 0 Å². The van der Waals surface area contributed by atoms with Gasteiger partial charge in [-0.05, 0) is 52.7 Å². The zero-order chi connectivity index (χ0) is 19.9. The lowest BCUT2D eigenvalue weighted by Gasteiger charge is -2.48. The molecule has 2 atom stereocenters. The molecule has 6 nitrogen and oxygen atoms in total. The number of hydrogen-bond acceptors (Lipinski definition) is 5. The first kappa shape index (κ1) is 19.6. The minimum atomic E-state index is -0.328. The van der Waals surface area contributed by atoms with Crippen LogP contribution in [0.5, 0.6) is 0 Å². The van der Waals surface area contributed by atoms with Gasteiger partial charge in [0, 0.05) is 31.5 Å². The summed E-state index contributed by atoms with van der Waals surface area (Å²) in [5, 5.41) is 0. The fraction of sp³-hybridized carbons (Fsp3) is 0.727. The van der Waals surface area contributed by atoms with Gasteiger partial charge in [0.05, 0.1) is 30.0 Å². The van der Waals surface area contributed by atoms with Crippen LogP contribution in [0.3, 0.4) is 0 Å². The molecule has 0 aromatic carbocycles. The number of carbonyl (C=O) groups excluding carboxylic acids is 1. The second-order valence-corrected chi connectivity index (χ2v) is 9.47. The summed E-state index contributed by atoms with van der Waals surface area (Å²) in [6.07, 6.45) is 6.55. The van der Waals surface area contributed by atoms with Gasteiger partial charge in [0.25, 0.3) is 5.91 Å². The molecule has 3 aliphatic rings. The van der Waals surface area contributed by atoms with Gasteiger partial charge >= 0.3 is 0 Å². The molecule has 1 spiro atoms. The number of morpholine rings is 2. The molecule has 0 bridgehead atoms. The fourth-order valence-electron chi connectivity index (χ4n) is 5.22. The van der Waals surface area contributed by atoms with Crippen LogP contribution in [0.25, 0.3) is 0 Å². The Hall–Kier alpha value is -1.66. The summed E-state index contributed by atoms with van der Waals surface area (Å²) in [6.45, 7) is 11.3. The largest absolute Gasteiger partial charge is 0.372 e. The van der Waals surface area contributed by atoms with Gasteiger partial charge in [0.1, 0.15) is 5.69 Å². The van der Waals surface area contributed by atoms with Gasteiger partial charge in [0.15, 0.2) is 0 Å². The predicted molar refractivity (Wildman–Crippen MR) is 109 cm³/mol. The second kappa shape index (κ2) is 7.30. The molecule has 0 N–H and O–H groups in total. The van der Waals surface area contributed by atoms with Crippen molar-refractivity contribution < 1.29 is 14.3 Å². The van der Waals surface area contributed by atoms with Gasteiger partial charge < -0.3 is 19.3 Å². The van der Waals surface area contributed by atoms with Crippen LogP contribution in [0.15, 0.2) is 18.3 Å². The number of aromatic nitrogens is 1. The van der Waals surface area contributed by atoms with Crippen molar-refractivity contribution in [2.75, 3.05) is 31.1 Å². The molecule has 6 heteroatoms. The summed E-state index contributed by atoms with van der Waals surface area (Å²) in [5.74, 6) is 0.0128. The molecule has 1 amide bonds. The van der Waals surface area contributed by atoms with E-state index >= 15 is 0 Å². The summed E-state index contributed by atoms with van der Waals surface area (Å²) in [4.78, 5) is 22.0. The summed E-state index contributed by atoms with van der Waals surface area (Å²) in [5.41, 5.74) is 1.06. The van der Waals surface area contributed by atoms with Gasteiger partial charge in [-0.25, -0.2) is 0 Å². The Bertz CT molecular complexity index is 719. The van der Waals surface area contributed by atoms with Crippen LogP contribution in [-0.2, 0) is 9.47 Å². The standard InChI is InChI=1S/C22H33N3O3/c1-16-12-24(13-17(2)27-16)18-7-10-23-19(11-18)20(26)25-14-21(3,4)28-22(15-25)8-5-6-9-22/h7,10-11,16-17H,5-6,8-9,12-15H2,1-4H3. The third kappa shape index (κ3) is 4.03. The van der Waals surface area contributed by atoms with Crippen LogP contribution in [0.2, 0.25) is 0 Å². The zero-order valence-corrected chi connectivity index (χ0v) is 17.6.